The highest BCUT2D eigenvalue weighted by Crippen LogP contribution is 2.15. The molecule has 1 heterocycles. The number of ether oxygens (including phenoxy) is 1. The summed E-state index contributed by atoms with van der Waals surface area (Å²) in [5.41, 5.74) is -0.441. The second-order valence-corrected chi connectivity index (χ2v) is 6.15. The van der Waals surface area contributed by atoms with Crippen LogP contribution in [0, 0.1) is 0 Å². The number of rotatable bonds is 8. The number of hydrogen-bond donors (Lipinski definition) is 1. The van der Waals surface area contributed by atoms with E-state index in [0.29, 0.717) is 15.8 Å². The van der Waals surface area contributed by atoms with E-state index in [2.05, 4.69) is 5.32 Å². The van der Waals surface area contributed by atoms with Gasteiger partial charge in [0, 0.05) is 16.6 Å². The van der Waals surface area contributed by atoms with E-state index in [9.17, 15) is 23.6 Å². The summed E-state index contributed by atoms with van der Waals surface area (Å²) in [7, 11) is 0. The number of benzene rings is 1. The number of hydrogen-bond acceptors (Lipinski definition) is 5. The van der Waals surface area contributed by atoms with E-state index >= 15 is 0 Å². The van der Waals surface area contributed by atoms with E-state index in [4.69, 9.17) is 16.3 Å². The Morgan fingerprint density at radius 1 is 1.24 bits per heavy atom. The Bertz CT molecular complexity index is 929. The lowest BCUT2D eigenvalue weighted by Gasteiger charge is -2.16. The monoisotopic (exact) mass is 426 g/mol. The first-order valence-corrected chi connectivity index (χ1v) is 9.55. The Labute approximate surface area is 172 Å². The van der Waals surface area contributed by atoms with E-state index in [1.807, 2.05) is 13.8 Å². The molecule has 2 rings (SSSR count). The van der Waals surface area contributed by atoms with Crippen molar-refractivity contribution >= 4 is 40.0 Å². The molecule has 0 aliphatic heterocycles. The van der Waals surface area contributed by atoms with Crippen LogP contribution in [0.1, 0.15) is 27.2 Å². The van der Waals surface area contributed by atoms with Gasteiger partial charge in [-0.05, 0) is 30.5 Å². The SMILES string of the molecule is CC.CCOC(=O)CC(NC(=O)Cn1ccc2ccc(Cl)cc2c1=O)C(=O)CF. The van der Waals surface area contributed by atoms with Crippen molar-refractivity contribution in [2.45, 2.75) is 39.8 Å². The maximum Gasteiger partial charge on any atom is 0.308 e. The van der Waals surface area contributed by atoms with Crippen LogP contribution in [-0.2, 0) is 25.7 Å². The highest BCUT2D eigenvalue weighted by Gasteiger charge is 2.24. The second kappa shape index (κ2) is 12.0. The number of halogens is 2. The molecule has 9 heteroatoms. The molecule has 0 aliphatic rings. The fourth-order valence-electron chi connectivity index (χ4n) is 2.50. The number of carbonyl (C=O) groups excluding carboxylic acids is 3. The number of amides is 1. The molecule has 0 aliphatic carbocycles. The number of alkyl halides is 1. The van der Waals surface area contributed by atoms with Gasteiger partial charge in [0.1, 0.15) is 19.3 Å². The lowest BCUT2D eigenvalue weighted by molar-refractivity contribution is -0.145. The highest BCUT2D eigenvalue weighted by atomic mass is 35.5. The number of pyridine rings is 1. The quantitative estimate of drug-likeness (QED) is 0.655. The molecule has 1 unspecified atom stereocenters. The van der Waals surface area contributed by atoms with Gasteiger partial charge in [-0.15, -0.1) is 0 Å². The molecule has 0 radical (unpaired) electrons. The van der Waals surface area contributed by atoms with E-state index in [1.165, 1.54) is 12.3 Å². The van der Waals surface area contributed by atoms with Crippen molar-refractivity contribution in [3.8, 4) is 0 Å². The summed E-state index contributed by atoms with van der Waals surface area (Å²) >= 11 is 5.90. The van der Waals surface area contributed by atoms with Crippen LogP contribution in [0.4, 0.5) is 4.39 Å². The second-order valence-electron chi connectivity index (χ2n) is 5.71. The molecular weight excluding hydrogens is 403 g/mol. The molecule has 0 bridgehead atoms. The summed E-state index contributed by atoms with van der Waals surface area (Å²) in [4.78, 5) is 47.9. The van der Waals surface area contributed by atoms with Crippen molar-refractivity contribution in [1.29, 1.82) is 0 Å². The lowest BCUT2D eigenvalue weighted by atomic mass is 10.1. The number of fused-ring (bicyclic) bond motifs is 1. The molecule has 1 aromatic heterocycles. The highest BCUT2D eigenvalue weighted by molar-refractivity contribution is 6.31. The third-order valence-corrected chi connectivity index (χ3v) is 4.02. The third-order valence-electron chi connectivity index (χ3n) is 3.79. The summed E-state index contributed by atoms with van der Waals surface area (Å²) in [6, 6.07) is 5.10. The van der Waals surface area contributed by atoms with Crippen molar-refractivity contribution in [2.24, 2.45) is 0 Å². The zero-order valence-corrected chi connectivity index (χ0v) is 17.3. The number of nitrogens with one attached hydrogen (secondary N) is 1. The molecule has 2 aromatic rings. The van der Waals surface area contributed by atoms with Crippen LogP contribution in [0.15, 0.2) is 35.3 Å². The summed E-state index contributed by atoms with van der Waals surface area (Å²) in [6.45, 7) is 3.94. The Morgan fingerprint density at radius 2 is 1.93 bits per heavy atom. The Balaban J connectivity index is 0.00000204. The maximum absolute atomic E-state index is 12.7. The minimum Gasteiger partial charge on any atom is -0.466 e. The minimum atomic E-state index is -1.35. The van der Waals surface area contributed by atoms with Crippen molar-refractivity contribution < 1.29 is 23.5 Å². The fourth-order valence-corrected chi connectivity index (χ4v) is 2.67. The molecule has 0 saturated heterocycles. The molecule has 0 spiro atoms. The smallest absolute Gasteiger partial charge is 0.308 e. The fraction of sp³-hybridized carbons (Fsp3) is 0.400. The van der Waals surface area contributed by atoms with Crippen LogP contribution >= 0.6 is 11.6 Å². The first-order valence-electron chi connectivity index (χ1n) is 9.18. The van der Waals surface area contributed by atoms with Gasteiger partial charge in [0.05, 0.1) is 13.0 Å². The molecule has 1 amide bonds. The van der Waals surface area contributed by atoms with Crippen LogP contribution in [0.2, 0.25) is 5.02 Å². The van der Waals surface area contributed by atoms with Crippen molar-refractivity contribution in [3.63, 3.8) is 0 Å². The first kappa shape index (κ1) is 24.3. The average molecular weight is 427 g/mol. The summed E-state index contributed by atoms with van der Waals surface area (Å²) in [6.07, 6.45) is 0.944. The number of carbonyl (C=O) groups is 3. The van der Waals surface area contributed by atoms with E-state index in [1.54, 1.807) is 25.1 Å². The van der Waals surface area contributed by atoms with Gasteiger partial charge in [-0.3, -0.25) is 19.2 Å². The molecule has 1 N–H and O–H groups in total. The maximum atomic E-state index is 12.7. The molecule has 1 atom stereocenters. The molecular formula is C20H24ClFN2O5. The normalized spacial score (nSPS) is 11.2. The Hall–Kier alpha value is -2.74. The van der Waals surface area contributed by atoms with Crippen LogP contribution < -0.4 is 10.9 Å². The van der Waals surface area contributed by atoms with Crippen molar-refractivity contribution in [3.05, 3.63) is 45.8 Å². The van der Waals surface area contributed by atoms with Crippen LogP contribution in [0.25, 0.3) is 10.8 Å². The van der Waals surface area contributed by atoms with Gasteiger partial charge in [-0.2, -0.15) is 0 Å². The van der Waals surface area contributed by atoms with E-state index < -0.39 is 48.9 Å². The topological polar surface area (TPSA) is 94.5 Å². The van der Waals surface area contributed by atoms with Crippen LogP contribution in [0.3, 0.4) is 0 Å². The third kappa shape index (κ3) is 6.98. The van der Waals surface area contributed by atoms with E-state index in [-0.39, 0.29) is 6.61 Å². The number of Topliss-reactive ketones (excluding diaryl/α,β-unsaturated/α-hetero) is 1. The molecule has 29 heavy (non-hydrogen) atoms. The predicted molar refractivity (Wildman–Crippen MR) is 109 cm³/mol. The van der Waals surface area contributed by atoms with Crippen LogP contribution in [0.5, 0.6) is 0 Å². The van der Waals surface area contributed by atoms with Gasteiger partial charge in [-0.25, -0.2) is 4.39 Å². The van der Waals surface area contributed by atoms with Crippen molar-refractivity contribution in [1.82, 2.24) is 9.88 Å². The van der Waals surface area contributed by atoms with Gasteiger partial charge in [0.15, 0.2) is 5.78 Å². The number of nitrogens with zero attached hydrogens (tertiary/aromatic N) is 1. The van der Waals surface area contributed by atoms with Gasteiger partial charge < -0.3 is 14.6 Å². The number of esters is 1. The first-order chi connectivity index (χ1) is 13.8. The number of ketones is 1. The van der Waals surface area contributed by atoms with Crippen LogP contribution in [-0.4, -0.2) is 41.6 Å². The summed E-state index contributed by atoms with van der Waals surface area (Å²) in [5, 5.41) is 3.65. The lowest BCUT2D eigenvalue weighted by Crippen LogP contribution is -2.45. The number of aromatic nitrogens is 1. The van der Waals surface area contributed by atoms with Gasteiger partial charge in [0.25, 0.3) is 5.56 Å². The average Bonchev–Trinajstić information content (AvgIpc) is 2.71. The van der Waals surface area contributed by atoms with E-state index in [0.717, 1.165) is 4.57 Å². The predicted octanol–water partition coefficient (Wildman–Crippen LogP) is 2.66. The van der Waals surface area contributed by atoms with Gasteiger partial charge >= 0.3 is 5.97 Å². The molecule has 1 aromatic carbocycles. The Kier molecular flexibility index (Phi) is 10.0. The zero-order chi connectivity index (χ0) is 22.0. The molecule has 158 valence electrons. The Morgan fingerprint density at radius 3 is 2.55 bits per heavy atom. The zero-order valence-electron chi connectivity index (χ0n) is 16.5. The van der Waals surface area contributed by atoms with Gasteiger partial charge in [0.2, 0.25) is 5.91 Å². The largest absolute Gasteiger partial charge is 0.466 e. The molecule has 0 saturated carbocycles. The van der Waals surface area contributed by atoms with Crippen molar-refractivity contribution in [2.75, 3.05) is 13.3 Å². The molecule has 7 nitrogen and oxygen atoms in total. The summed E-state index contributed by atoms with van der Waals surface area (Å²) in [5.74, 6) is -2.40. The minimum absolute atomic E-state index is 0.0956. The van der Waals surface area contributed by atoms with Gasteiger partial charge in [-0.1, -0.05) is 31.5 Å². The summed E-state index contributed by atoms with van der Waals surface area (Å²) < 4.78 is 18.6. The standard InChI is InChI=1S/C18H18ClFN2O5.C2H6/c1-2-27-17(25)8-14(15(23)9-20)21-16(24)10-22-6-5-11-3-4-12(19)7-13(11)18(22)26;1-2/h3-7,14H,2,8-10H2,1H3,(H,21,24);1-2H3. The molecule has 0 fully saturated rings.